The second-order valence-electron chi connectivity index (χ2n) is 5.55. The van der Waals surface area contributed by atoms with Gasteiger partial charge < -0.3 is 4.90 Å². The fourth-order valence-corrected chi connectivity index (χ4v) is 3.08. The van der Waals surface area contributed by atoms with E-state index in [0.29, 0.717) is 11.2 Å². The molecular formula is C13H14ClF3N2. The molecule has 2 heterocycles. The second kappa shape index (κ2) is 4.27. The summed E-state index contributed by atoms with van der Waals surface area (Å²) in [6.07, 6.45) is 1.16. The van der Waals surface area contributed by atoms with Crippen LogP contribution in [0.25, 0.3) is 0 Å². The van der Waals surface area contributed by atoms with Gasteiger partial charge in [-0.15, -0.1) is 0 Å². The van der Waals surface area contributed by atoms with E-state index < -0.39 is 11.7 Å². The van der Waals surface area contributed by atoms with Crippen LogP contribution in [-0.2, 0) is 6.18 Å². The van der Waals surface area contributed by atoms with Gasteiger partial charge in [-0.2, -0.15) is 13.2 Å². The van der Waals surface area contributed by atoms with Gasteiger partial charge in [0, 0.05) is 19.3 Å². The summed E-state index contributed by atoms with van der Waals surface area (Å²) in [4.78, 5) is 5.96. The summed E-state index contributed by atoms with van der Waals surface area (Å²) >= 11 is 5.98. The third-order valence-corrected chi connectivity index (χ3v) is 4.35. The summed E-state index contributed by atoms with van der Waals surface area (Å²) in [5.41, 5.74) is -0.411. The van der Waals surface area contributed by atoms with Gasteiger partial charge >= 0.3 is 6.18 Å². The van der Waals surface area contributed by atoms with Crippen LogP contribution in [0.2, 0.25) is 5.02 Å². The lowest BCUT2D eigenvalue weighted by Gasteiger charge is -2.34. The normalized spacial score (nSPS) is 21.8. The van der Waals surface area contributed by atoms with Crippen LogP contribution in [0.5, 0.6) is 0 Å². The Morgan fingerprint density at radius 2 is 2.00 bits per heavy atom. The molecule has 2 aliphatic rings. The minimum atomic E-state index is -4.39. The summed E-state index contributed by atoms with van der Waals surface area (Å²) in [6, 6.07) is 0.970. The second-order valence-corrected chi connectivity index (χ2v) is 5.96. The van der Waals surface area contributed by atoms with E-state index in [2.05, 4.69) is 4.98 Å². The predicted octanol–water partition coefficient (Wildman–Crippen LogP) is 4.13. The maximum Gasteiger partial charge on any atom is 0.417 e. The van der Waals surface area contributed by atoms with Crippen LogP contribution >= 0.6 is 11.6 Å². The zero-order valence-corrected chi connectivity index (χ0v) is 11.1. The molecule has 1 aliphatic heterocycles. The van der Waals surface area contributed by atoms with Crippen molar-refractivity contribution < 1.29 is 13.2 Å². The Hall–Kier alpha value is -0.970. The van der Waals surface area contributed by atoms with Crippen LogP contribution in [0.3, 0.4) is 0 Å². The van der Waals surface area contributed by atoms with Crippen LogP contribution < -0.4 is 4.90 Å². The number of alkyl halides is 3. The number of halogens is 4. The molecule has 0 amide bonds. The van der Waals surface area contributed by atoms with Crippen molar-refractivity contribution in [3.8, 4) is 0 Å². The van der Waals surface area contributed by atoms with Crippen molar-refractivity contribution in [2.24, 2.45) is 5.41 Å². The van der Waals surface area contributed by atoms with E-state index in [4.69, 9.17) is 11.6 Å². The molecule has 0 aromatic carbocycles. The molecule has 2 fully saturated rings. The molecule has 1 aromatic heterocycles. The third-order valence-electron chi connectivity index (χ3n) is 4.07. The van der Waals surface area contributed by atoms with Gasteiger partial charge in [0.2, 0.25) is 0 Å². The van der Waals surface area contributed by atoms with Crippen molar-refractivity contribution in [2.45, 2.75) is 31.9 Å². The maximum absolute atomic E-state index is 12.6. The van der Waals surface area contributed by atoms with Gasteiger partial charge in [0.15, 0.2) is 0 Å². The van der Waals surface area contributed by atoms with Gasteiger partial charge in [-0.25, -0.2) is 4.98 Å². The Kier molecular flexibility index (Phi) is 2.93. The number of rotatable bonds is 1. The molecule has 104 valence electrons. The minimum absolute atomic E-state index is 0.0903. The number of piperidine rings is 1. The fraction of sp³-hybridized carbons (Fsp3) is 0.615. The zero-order valence-electron chi connectivity index (χ0n) is 10.3. The van der Waals surface area contributed by atoms with Crippen molar-refractivity contribution >= 4 is 17.4 Å². The van der Waals surface area contributed by atoms with Crippen molar-refractivity contribution in [2.75, 3.05) is 18.0 Å². The van der Waals surface area contributed by atoms with Crippen molar-refractivity contribution in [1.82, 2.24) is 4.98 Å². The van der Waals surface area contributed by atoms with Gasteiger partial charge in [0.05, 0.1) is 10.6 Å². The molecule has 0 bridgehead atoms. The van der Waals surface area contributed by atoms with Crippen molar-refractivity contribution in [3.63, 3.8) is 0 Å². The summed E-state index contributed by atoms with van der Waals surface area (Å²) in [7, 11) is 0. The standard InChI is InChI=1S/C13H14ClF3N2/c14-10-6-9(13(15,16)17)7-18-11(10)19-5-1-2-12(8-19)3-4-12/h6-7H,1-5,8H2. The predicted molar refractivity (Wildman–Crippen MR) is 67.4 cm³/mol. The van der Waals surface area contributed by atoms with Gasteiger partial charge in [-0.1, -0.05) is 11.6 Å². The van der Waals surface area contributed by atoms with Crippen molar-refractivity contribution in [1.29, 1.82) is 0 Å². The van der Waals surface area contributed by atoms with Crippen LogP contribution in [0.4, 0.5) is 19.0 Å². The maximum atomic E-state index is 12.6. The van der Waals surface area contributed by atoms with Gasteiger partial charge in [-0.3, -0.25) is 0 Å². The van der Waals surface area contributed by atoms with E-state index in [1.165, 1.54) is 19.3 Å². The summed E-state index contributed by atoms with van der Waals surface area (Å²) in [5, 5.41) is 0.0903. The Labute approximate surface area is 114 Å². The number of anilines is 1. The highest BCUT2D eigenvalue weighted by molar-refractivity contribution is 6.33. The lowest BCUT2D eigenvalue weighted by atomic mass is 9.95. The van der Waals surface area contributed by atoms with Crippen LogP contribution in [0, 0.1) is 5.41 Å². The summed E-state index contributed by atoms with van der Waals surface area (Å²) < 4.78 is 37.7. The molecule has 1 spiro atoms. The molecule has 0 atom stereocenters. The van der Waals surface area contributed by atoms with Crippen LogP contribution in [0.1, 0.15) is 31.2 Å². The van der Waals surface area contributed by atoms with Gasteiger partial charge in [-0.05, 0) is 37.2 Å². The first-order valence-corrected chi connectivity index (χ1v) is 6.75. The SMILES string of the molecule is FC(F)(F)c1cnc(N2CCCC3(CC3)C2)c(Cl)c1. The highest BCUT2D eigenvalue weighted by Crippen LogP contribution is 2.52. The smallest absolute Gasteiger partial charge is 0.355 e. The topological polar surface area (TPSA) is 16.1 Å². The van der Waals surface area contributed by atoms with E-state index >= 15 is 0 Å². The van der Waals surface area contributed by atoms with Gasteiger partial charge in [0.1, 0.15) is 5.82 Å². The molecule has 0 unspecified atom stereocenters. The number of pyridine rings is 1. The molecule has 1 saturated heterocycles. The van der Waals surface area contributed by atoms with E-state index in [1.54, 1.807) is 0 Å². The van der Waals surface area contributed by atoms with Crippen molar-refractivity contribution in [3.05, 3.63) is 22.8 Å². The van der Waals surface area contributed by atoms with E-state index in [9.17, 15) is 13.2 Å². The molecule has 3 rings (SSSR count). The van der Waals surface area contributed by atoms with Gasteiger partial charge in [0.25, 0.3) is 0 Å². The molecular weight excluding hydrogens is 277 g/mol. The first-order valence-electron chi connectivity index (χ1n) is 6.37. The Morgan fingerprint density at radius 3 is 2.58 bits per heavy atom. The molecule has 1 aliphatic carbocycles. The van der Waals surface area contributed by atoms with E-state index in [-0.39, 0.29) is 5.02 Å². The molecule has 19 heavy (non-hydrogen) atoms. The van der Waals surface area contributed by atoms with Crippen LogP contribution in [-0.4, -0.2) is 18.1 Å². The first kappa shape index (κ1) is 13.0. The largest absolute Gasteiger partial charge is 0.417 e. The molecule has 1 saturated carbocycles. The zero-order chi connectivity index (χ0) is 13.7. The Morgan fingerprint density at radius 1 is 1.26 bits per heavy atom. The molecule has 0 radical (unpaired) electrons. The highest BCUT2D eigenvalue weighted by Gasteiger charge is 2.46. The van der Waals surface area contributed by atoms with E-state index in [0.717, 1.165) is 31.8 Å². The number of hydrogen-bond donors (Lipinski definition) is 0. The highest BCUT2D eigenvalue weighted by atomic mass is 35.5. The first-order chi connectivity index (χ1) is 8.90. The molecule has 0 N–H and O–H groups in total. The molecule has 6 heteroatoms. The molecule has 2 nitrogen and oxygen atoms in total. The average molecular weight is 291 g/mol. The quantitative estimate of drug-likeness (QED) is 0.773. The monoisotopic (exact) mass is 290 g/mol. The van der Waals surface area contributed by atoms with Crippen LogP contribution in [0.15, 0.2) is 12.3 Å². The Balaban J connectivity index is 1.85. The van der Waals surface area contributed by atoms with E-state index in [1.807, 2.05) is 4.90 Å². The Bertz CT molecular complexity index is 497. The lowest BCUT2D eigenvalue weighted by Crippen LogP contribution is -2.37. The number of aromatic nitrogens is 1. The lowest BCUT2D eigenvalue weighted by molar-refractivity contribution is -0.137. The number of hydrogen-bond acceptors (Lipinski definition) is 2. The summed E-state index contributed by atoms with van der Waals surface area (Å²) in [6.45, 7) is 1.69. The summed E-state index contributed by atoms with van der Waals surface area (Å²) in [5.74, 6) is 0.487. The minimum Gasteiger partial charge on any atom is -0.355 e. The fourth-order valence-electron chi connectivity index (χ4n) is 2.79. The molecule has 1 aromatic rings. The average Bonchev–Trinajstić information content (AvgIpc) is 3.07. The third kappa shape index (κ3) is 2.53. The number of nitrogens with zero attached hydrogens (tertiary/aromatic N) is 2.